The van der Waals surface area contributed by atoms with Gasteiger partial charge in [0.05, 0.1) is 12.1 Å². The average Bonchev–Trinajstić information content (AvgIpc) is 2.76. The van der Waals surface area contributed by atoms with Gasteiger partial charge in [-0.3, -0.25) is 15.0 Å². The number of nitrogens with one attached hydrogen (secondary N) is 1. The zero-order chi connectivity index (χ0) is 21.5. The van der Waals surface area contributed by atoms with Crippen LogP contribution < -0.4 is 5.32 Å². The van der Waals surface area contributed by atoms with E-state index in [-0.39, 0.29) is 5.92 Å². The van der Waals surface area contributed by atoms with Crippen LogP contribution in [-0.4, -0.2) is 41.8 Å². The molecule has 30 heavy (non-hydrogen) atoms. The Morgan fingerprint density at radius 2 is 1.80 bits per heavy atom. The number of aliphatic carboxylic acids is 1. The Balaban J connectivity index is 1.64. The summed E-state index contributed by atoms with van der Waals surface area (Å²) < 4.78 is 0. The molecule has 3 rings (SSSR count). The van der Waals surface area contributed by atoms with Gasteiger partial charge >= 0.3 is 5.97 Å². The third-order valence-corrected chi connectivity index (χ3v) is 8.70. The second kappa shape index (κ2) is 11.9. The van der Waals surface area contributed by atoms with Crippen molar-refractivity contribution in [2.24, 2.45) is 29.6 Å². The van der Waals surface area contributed by atoms with Crippen molar-refractivity contribution in [1.82, 2.24) is 10.2 Å². The predicted octanol–water partition coefficient (Wildman–Crippen LogP) is 5.91. The van der Waals surface area contributed by atoms with Crippen molar-refractivity contribution in [3.8, 4) is 0 Å². The lowest BCUT2D eigenvalue weighted by molar-refractivity contribution is -0.142. The second-order valence-corrected chi connectivity index (χ2v) is 11.0. The second-order valence-electron chi connectivity index (χ2n) is 11.0. The monoisotopic (exact) mass is 420 g/mol. The van der Waals surface area contributed by atoms with E-state index in [9.17, 15) is 9.90 Å². The minimum absolute atomic E-state index is 0.304. The predicted molar refractivity (Wildman–Crippen MR) is 124 cm³/mol. The first kappa shape index (κ1) is 24.0. The Labute approximate surface area is 185 Å². The van der Waals surface area contributed by atoms with E-state index in [1.165, 1.54) is 89.9 Å². The molecule has 0 aromatic heterocycles. The van der Waals surface area contributed by atoms with Crippen LogP contribution in [-0.2, 0) is 4.79 Å². The third-order valence-electron chi connectivity index (χ3n) is 8.70. The number of carboxylic acid groups (broad SMARTS) is 1. The molecule has 6 atom stereocenters. The molecule has 0 aromatic carbocycles. The molecule has 4 nitrogen and oxygen atoms in total. The van der Waals surface area contributed by atoms with Crippen LogP contribution in [0, 0.1) is 29.6 Å². The molecule has 0 amide bonds. The first-order chi connectivity index (χ1) is 14.5. The highest BCUT2D eigenvalue weighted by atomic mass is 16.4. The molecule has 3 fully saturated rings. The Morgan fingerprint density at radius 3 is 2.50 bits per heavy atom. The SMILES string of the molecule is CCCCCCC1CCC2NC(N(C)CC(C)C(=O)O)CC(C3CCCCC3)C2C1. The van der Waals surface area contributed by atoms with E-state index in [2.05, 4.69) is 24.2 Å². The molecule has 0 bridgehead atoms. The lowest BCUT2D eigenvalue weighted by Crippen LogP contribution is -2.60. The molecule has 174 valence electrons. The molecule has 0 aromatic rings. The summed E-state index contributed by atoms with van der Waals surface area (Å²) >= 11 is 0. The molecule has 0 radical (unpaired) electrons. The summed E-state index contributed by atoms with van der Waals surface area (Å²) in [5, 5.41) is 13.4. The lowest BCUT2D eigenvalue weighted by atomic mass is 9.62. The molecule has 2 saturated carbocycles. The summed E-state index contributed by atoms with van der Waals surface area (Å²) in [4.78, 5) is 13.7. The highest BCUT2D eigenvalue weighted by Gasteiger charge is 2.44. The van der Waals surface area contributed by atoms with Gasteiger partial charge in [-0.25, -0.2) is 0 Å². The molecule has 1 heterocycles. The standard InChI is InChI=1S/C26H48N2O2/c1-4-5-6-8-11-20-14-15-24-23(16-20)22(21-12-9-7-10-13-21)17-25(27-24)28(3)18-19(2)26(29)30/h19-25,27H,4-18H2,1-3H3,(H,29,30). The number of piperidine rings is 1. The van der Waals surface area contributed by atoms with Crippen LogP contribution >= 0.6 is 0 Å². The molecular weight excluding hydrogens is 372 g/mol. The number of carbonyl (C=O) groups is 1. The van der Waals surface area contributed by atoms with Crippen LogP contribution in [0.5, 0.6) is 0 Å². The normalized spacial score (nSPS) is 33.9. The maximum absolute atomic E-state index is 11.4. The van der Waals surface area contributed by atoms with E-state index >= 15 is 0 Å². The van der Waals surface area contributed by atoms with Gasteiger partial charge in [-0.05, 0) is 56.4 Å². The zero-order valence-corrected chi connectivity index (χ0v) is 20.0. The number of carboxylic acids is 1. The van der Waals surface area contributed by atoms with Crippen molar-refractivity contribution >= 4 is 5.97 Å². The quantitative estimate of drug-likeness (QED) is 0.431. The van der Waals surface area contributed by atoms with Crippen molar-refractivity contribution in [2.75, 3.05) is 13.6 Å². The highest BCUT2D eigenvalue weighted by Crippen LogP contribution is 2.47. The number of nitrogens with zero attached hydrogens (tertiary/aromatic N) is 1. The maximum Gasteiger partial charge on any atom is 0.307 e. The Kier molecular flexibility index (Phi) is 9.50. The van der Waals surface area contributed by atoms with E-state index in [0.29, 0.717) is 18.8 Å². The van der Waals surface area contributed by atoms with Gasteiger partial charge in [0.2, 0.25) is 0 Å². The van der Waals surface area contributed by atoms with Gasteiger partial charge in [-0.1, -0.05) is 78.1 Å². The zero-order valence-electron chi connectivity index (χ0n) is 20.0. The summed E-state index contributed by atoms with van der Waals surface area (Å²) in [6.45, 7) is 4.78. The van der Waals surface area contributed by atoms with Crippen LogP contribution in [0.15, 0.2) is 0 Å². The fourth-order valence-electron chi connectivity index (χ4n) is 6.90. The summed E-state index contributed by atoms with van der Waals surface area (Å²) in [5.74, 6) is 2.55. The van der Waals surface area contributed by atoms with E-state index in [4.69, 9.17) is 0 Å². The summed E-state index contributed by atoms with van der Waals surface area (Å²) in [6.07, 6.45) is 19.9. The highest BCUT2D eigenvalue weighted by molar-refractivity contribution is 5.69. The van der Waals surface area contributed by atoms with Crippen molar-refractivity contribution in [3.63, 3.8) is 0 Å². The summed E-state index contributed by atoms with van der Waals surface area (Å²) in [5.41, 5.74) is 0. The minimum atomic E-state index is -0.678. The van der Waals surface area contributed by atoms with Crippen molar-refractivity contribution < 1.29 is 9.90 Å². The fourth-order valence-corrected chi connectivity index (χ4v) is 6.90. The summed E-state index contributed by atoms with van der Waals surface area (Å²) in [6, 6.07) is 0.644. The van der Waals surface area contributed by atoms with Gasteiger partial charge in [0.25, 0.3) is 0 Å². The van der Waals surface area contributed by atoms with E-state index in [0.717, 1.165) is 23.7 Å². The van der Waals surface area contributed by atoms with Gasteiger partial charge in [0, 0.05) is 12.6 Å². The number of hydrogen-bond acceptors (Lipinski definition) is 3. The molecular formula is C26H48N2O2. The first-order valence-corrected chi connectivity index (χ1v) is 13.2. The average molecular weight is 421 g/mol. The van der Waals surface area contributed by atoms with Gasteiger partial charge < -0.3 is 5.11 Å². The van der Waals surface area contributed by atoms with Crippen LogP contribution in [0.1, 0.15) is 104 Å². The minimum Gasteiger partial charge on any atom is -0.481 e. The Bertz CT molecular complexity index is 519. The number of unbranched alkanes of at least 4 members (excludes halogenated alkanes) is 3. The molecule has 2 aliphatic carbocycles. The van der Waals surface area contributed by atoms with Crippen LogP contribution in [0.2, 0.25) is 0 Å². The summed E-state index contributed by atoms with van der Waals surface area (Å²) in [7, 11) is 2.13. The molecule has 0 spiro atoms. The van der Waals surface area contributed by atoms with E-state index in [1.807, 2.05) is 6.92 Å². The van der Waals surface area contributed by atoms with E-state index < -0.39 is 5.97 Å². The van der Waals surface area contributed by atoms with Crippen LogP contribution in [0.4, 0.5) is 0 Å². The topological polar surface area (TPSA) is 52.6 Å². The molecule has 1 aliphatic heterocycles. The molecule has 4 heteroatoms. The van der Waals surface area contributed by atoms with Crippen molar-refractivity contribution in [1.29, 1.82) is 0 Å². The van der Waals surface area contributed by atoms with E-state index in [1.54, 1.807) is 0 Å². The van der Waals surface area contributed by atoms with Crippen molar-refractivity contribution in [2.45, 2.75) is 116 Å². The molecule has 1 saturated heterocycles. The van der Waals surface area contributed by atoms with Gasteiger partial charge in [-0.15, -0.1) is 0 Å². The number of rotatable bonds is 10. The number of fused-ring (bicyclic) bond motifs is 1. The molecule has 3 aliphatic rings. The first-order valence-electron chi connectivity index (χ1n) is 13.2. The third kappa shape index (κ3) is 6.45. The molecule has 2 N–H and O–H groups in total. The fraction of sp³-hybridized carbons (Fsp3) is 0.962. The van der Waals surface area contributed by atoms with Gasteiger partial charge in [0.1, 0.15) is 0 Å². The van der Waals surface area contributed by atoms with Crippen LogP contribution in [0.25, 0.3) is 0 Å². The van der Waals surface area contributed by atoms with Gasteiger partial charge in [0.15, 0.2) is 0 Å². The number of hydrogen-bond donors (Lipinski definition) is 2. The van der Waals surface area contributed by atoms with Crippen molar-refractivity contribution in [3.05, 3.63) is 0 Å². The lowest BCUT2D eigenvalue weighted by Gasteiger charge is -2.52. The Morgan fingerprint density at radius 1 is 1.03 bits per heavy atom. The smallest absolute Gasteiger partial charge is 0.307 e. The maximum atomic E-state index is 11.4. The molecule has 6 unspecified atom stereocenters. The Hall–Kier alpha value is -0.610. The van der Waals surface area contributed by atoms with Crippen LogP contribution in [0.3, 0.4) is 0 Å². The van der Waals surface area contributed by atoms with Gasteiger partial charge in [-0.2, -0.15) is 0 Å². The largest absolute Gasteiger partial charge is 0.481 e.